The van der Waals surface area contributed by atoms with Gasteiger partial charge in [0.25, 0.3) is 0 Å². The van der Waals surface area contributed by atoms with Crippen molar-refractivity contribution >= 4 is 16.3 Å². The minimum atomic E-state index is -0.323. The van der Waals surface area contributed by atoms with Crippen molar-refractivity contribution in [3.05, 3.63) is 27.1 Å². The molecular weight excluding hydrogens is 248 g/mol. The monoisotopic (exact) mass is 268 g/mol. The van der Waals surface area contributed by atoms with Gasteiger partial charge in [-0.1, -0.05) is 37.5 Å². The van der Waals surface area contributed by atoms with E-state index in [-0.39, 0.29) is 9.92 Å². The van der Waals surface area contributed by atoms with E-state index in [1.807, 2.05) is 5.38 Å². The first-order valence-corrected chi connectivity index (χ1v) is 7.40. The Hall–Kier alpha value is -0.940. The molecule has 0 aromatic carbocycles. The molecule has 100 valence electrons. The number of nitro groups is 1. The highest BCUT2D eigenvalue weighted by molar-refractivity contribution is 7.13. The zero-order valence-electron chi connectivity index (χ0n) is 10.8. The summed E-state index contributed by atoms with van der Waals surface area (Å²) >= 11 is 1.20. The van der Waals surface area contributed by atoms with Crippen molar-refractivity contribution in [1.29, 1.82) is 0 Å². The van der Waals surface area contributed by atoms with Crippen molar-refractivity contribution in [2.75, 3.05) is 6.54 Å². The van der Waals surface area contributed by atoms with Gasteiger partial charge in [0.1, 0.15) is 0 Å². The Kier molecular flexibility index (Phi) is 4.35. The molecule has 1 saturated carbocycles. The second-order valence-corrected chi connectivity index (χ2v) is 6.41. The van der Waals surface area contributed by atoms with E-state index in [2.05, 4.69) is 12.2 Å². The van der Waals surface area contributed by atoms with E-state index in [1.54, 1.807) is 6.07 Å². The van der Waals surface area contributed by atoms with Crippen LogP contribution in [0.1, 0.15) is 44.6 Å². The van der Waals surface area contributed by atoms with Gasteiger partial charge in [0.2, 0.25) is 0 Å². The largest absolute Gasteiger partial charge is 0.324 e. The Labute approximate surface area is 112 Å². The summed E-state index contributed by atoms with van der Waals surface area (Å²) in [5.41, 5.74) is 1.44. The number of nitrogens with one attached hydrogen (secondary N) is 1. The fourth-order valence-electron chi connectivity index (χ4n) is 2.64. The summed E-state index contributed by atoms with van der Waals surface area (Å²) < 4.78 is 0. The van der Waals surface area contributed by atoms with Gasteiger partial charge in [-0.3, -0.25) is 10.1 Å². The smallest absolute Gasteiger partial charge is 0.312 e. The lowest BCUT2D eigenvalue weighted by Crippen LogP contribution is -2.33. The quantitative estimate of drug-likeness (QED) is 0.654. The maximum Gasteiger partial charge on any atom is 0.324 e. The Morgan fingerprint density at radius 1 is 1.44 bits per heavy atom. The van der Waals surface area contributed by atoms with Gasteiger partial charge < -0.3 is 5.32 Å². The average molecular weight is 268 g/mol. The first-order chi connectivity index (χ1) is 8.59. The van der Waals surface area contributed by atoms with Crippen molar-refractivity contribution in [3.8, 4) is 0 Å². The maximum absolute atomic E-state index is 10.6. The van der Waals surface area contributed by atoms with Crippen LogP contribution >= 0.6 is 11.3 Å². The van der Waals surface area contributed by atoms with Crippen molar-refractivity contribution < 1.29 is 4.92 Å². The molecular formula is C13H20N2O2S. The van der Waals surface area contributed by atoms with E-state index in [4.69, 9.17) is 0 Å². The van der Waals surface area contributed by atoms with Gasteiger partial charge in [0, 0.05) is 24.5 Å². The molecule has 2 rings (SSSR count). The van der Waals surface area contributed by atoms with Crippen LogP contribution in [0.3, 0.4) is 0 Å². The third-order valence-corrected chi connectivity index (χ3v) is 4.69. The predicted octanol–water partition coefficient (Wildman–Crippen LogP) is 3.72. The van der Waals surface area contributed by atoms with Crippen LogP contribution < -0.4 is 5.32 Å². The molecule has 0 spiro atoms. The Balaban J connectivity index is 1.78. The van der Waals surface area contributed by atoms with E-state index in [9.17, 15) is 10.1 Å². The van der Waals surface area contributed by atoms with Gasteiger partial charge in [0.05, 0.1) is 4.92 Å². The van der Waals surface area contributed by atoms with Gasteiger partial charge in [-0.05, 0) is 23.8 Å². The molecule has 0 amide bonds. The second-order valence-electron chi connectivity index (χ2n) is 5.53. The van der Waals surface area contributed by atoms with Crippen molar-refractivity contribution in [1.82, 2.24) is 5.32 Å². The molecule has 1 heterocycles. The average Bonchev–Trinajstić information content (AvgIpc) is 2.78. The highest BCUT2D eigenvalue weighted by Crippen LogP contribution is 2.35. The Morgan fingerprint density at radius 3 is 2.78 bits per heavy atom. The second kappa shape index (κ2) is 5.80. The minimum absolute atomic E-state index is 0.232. The van der Waals surface area contributed by atoms with E-state index < -0.39 is 0 Å². The van der Waals surface area contributed by atoms with Crippen molar-refractivity contribution in [2.24, 2.45) is 5.41 Å². The first-order valence-electron chi connectivity index (χ1n) is 6.52. The SMILES string of the molecule is CC1(CNCc2csc([N+](=O)[O-])c2)CCCCC1. The summed E-state index contributed by atoms with van der Waals surface area (Å²) in [6.07, 6.45) is 6.63. The number of rotatable bonds is 5. The molecule has 5 heteroatoms. The number of hydrogen-bond acceptors (Lipinski definition) is 4. The topological polar surface area (TPSA) is 55.2 Å². The Morgan fingerprint density at radius 2 is 2.17 bits per heavy atom. The van der Waals surface area contributed by atoms with E-state index in [0.717, 1.165) is 18.7 Å². The van der Waals surface area contributed by atoms with Crippen LogP contribution in [-0.2, 0) is 6.54 Å². The predicted molar refractivity (Wildman–Crippen MR) is 73.9 cm³/mol. The van der Waals surface area contributed by atoms with Gasteiger partial charge in [-0.15, -0.1) is 0 Å². The summed E-state index contributed by atoms with van der Waals surface area (Å²) in [6, 6.07) is 1.67. The summed E-state index contributed by atoms with van der Waals surface area (Å²) in [5, 5.41) is 16.1. The van der Waals surface area contributed by atoms with E-state index >= 15 is 0 Å². The van der Waals surface area contributed by atoms with E-state index in [1.165, 1.54) is 43.4 Å². The molecule has 1 aliphatic carbocycles. The van der Waals surface area contributed by atoms with Crippen LogP contribution in [0.2, 0.25) is 0 Å². The van der Waals surface area contributed by atoms with Gasteiger partial charge in [-0.2, -0.15) is 0 Å². The Bertz CT molecular complexity index is 411. The van der Waals surface area contributed by atoms with Crippen LogP contribution in [0.4, 0.5) is 5.00 Å². The van der Waals surface area contributed by atoms with Gasteiger partial charge >= 0.3 is 5.00 Å². The highest BCUT2D eigenvalue weighted by Gasteiger charge is 2.26. The molecule has 1 aliphatic rings. The van der Waals surface area contributed by atoms with Crippen molar-refractivity contribution in [2.45, 2.75) is 45.6 Å². The molecule has 4 nitrogen and oxygen atoms in total. The third-order valence-electron chi connectivity index (χ3n) is 3.76. The summed E-state index contributed by atoms with van der Waals surface area (Å²) in [4.78, 5) is 10.3. The molecule has 1 aromatic rings. The standard InChI is InChI=1S/C13H20N2O2S/c1-13(5-3-2-4-6-13)10-14-8-11-7-12(15(16)17)18-9-11/h7,9,14H,2-6,8,10H2,1H3. The molecule has 0 bridgehead atoms. The van der Waals surface area contributed by atoms with Crippen LogP contribution in [0, 0.1) is 15.5 Å². The zero-order chi connectivity index (χ0) is 13.0. The fourth-order valence-corrected chi connectivity index (χ4v) is 3.37. The molecule has 0 radical (unpaired) electrons. The lowest BCUT2D eigenvalue weighted by molar-refractivity contribution is -0.380. The van der Waals surface area contributed by atoms with Gasteiger partial charge in [0.15, 0.2) is 0 Å². The van der Waals surface area contributed by atoms with Gasteiger partial charge in [-0.25, -0.2) is 0 Å². The van der Waals surface area contributed by atoms with Crippen LogP contribution in [0.25, 0.3) is 0 Å². The lowest BCUT2D eigenvalue weighted by atomic mass is 9.76. The lowest BCUT2D eigenvalue weighted by Gasteiger charge is -2.33. The van der Waals surface area contributed by atoms with Crippen LogP contribution in [0.5, 0.6) is 0 Å². The number of thiophene rings is 1. The highest BCUT2D eigenvalue weighted by atomic mass is 32.1. The number of hydrogen-bond donors (Lipinski definition) is 1. The molecule has 0 atom stereocenters. The normalized spacial score (nSPS) is 18.7. The first kappa shape index (κ1) is 13.5. The molecule has 0 aliphatic heterocycles. The molecule has 0 saturated heterocycles. The molecule has 1 aromatic heterocycles. The van der Waals surface area contributed by atoms with E-state index in [0.29, 0.717) is 5.41 Å². The molecule has 1 fully saturated rings. The fraction of sp³-hybridized carbons (Fsp3) is 0.692. The zero-order valence-corrected chi connectivity index (χ0v) is 11.6. The molecule has 0 unspecified atom stereocenters. The summed E-state index contributed by atoms with van der Waals surface area (Å²) in [6.45, 7) is 4.09. The van der Waals surface area contributed by atoms with Crippen LogP contribution in [0.15, 0.2) is 11.4 Å². The molecule has 1 N–H and O–H groups in total. The van der Waals surface area contributed by atoms with Crippen molar-refractivity contribution in [3.63, 3.8) is 0 Å². The molecule has 18 heavy (non-hydrogen) atoms. The minimum Gasteiger partial charge on any atom is -0.312 e. The summed E-state index contributed by atoms with van der Waals surface area (Å²) in [5.74, 6) is 0. The number of nitrogens with zero attached hydrogens (tertiary/aromatic N) is 1. The maximum atomic E-state index is 10.6. The van der Waals surface area contributed by atoms with Crippen LogP contribution in [-0.4, -0.2) is 11.5 Å². The summed E-state index contributed by atoms with van der Waals surface area (Å²) in [7, 11) is 0. The third kappa shape index (κ3) is 3.53.